The van der Waals surface area contributed by atoms with Gasteiger partial charge in [0.2, 0.25) is 0 Å². The van der Waals surface area contributed by atoms with Crippen LogP contribution < -0.4 is 4.74 Å². The zero-order chi connectivity index (χ0) is 13.8. The Labute approximate surface area is 124 Å². The second-order valence-electron chi connectivity index (χ2n) is 4.27. The first kappa shape index (κ1) is 14.2. The maximum atomic E-state index is 6.32. The van der Waals surface area contributed by atoms with Crippen LogP contribution in [0.1, 0.15) is 25.0 Å². The zero-order valence-electron chi connectivity index (χ0n) is 11.0. The summed E-state index contributed by atoms with van der Waals surface area (Å²) in [5.74, 6) is 1.30. The van der Waals surface area contributed by atoms with Gasteiger partial charge in [0, 0.05) is 0 Å². The Morgan fingerprint density at radius 1 is 0.789 bits per heavy atom. The summed E-state index contributed by atoms with van der Waals surface area (Å²) in [6.07, 6.45) is 1.75. The van der Waals surface area contributed by atoms with Crippen molar-refractivity contribution in [1.82, 2.24) is 0 Å². The first-order chi connectivity index (χ1) is 9.17. The van der Waals surface area contributed by atoms with E-state index in [1.54, 1.807) is 0 Å². The van der Waals surface area contributed by atoms with Gasteiger partial charge in [0.15, 0.2) is 0 Å². The second kappa shape index (κ2) is 6.31. The van der Waals surface area contributed by atoms with Crippen molar-refractivity contribution in [3.8, 4) is 11.5 Å². The SMILES string of the molecule is CCc1cccc(Oc2cccc(CC)c2Cl)c1Cl. The fraction of sp³-hybridized carbons (Fsp3) is 0.250. The third kappa shape index (κ3) is 3.05. The van der Waals surface area contributed by atoms with Gasteiger partial charge in [-0.3, -0.25) is 0 Å². The summed E-state index contributed by atoms with van der Waals surface area (Å²) in [4.78, 5) is 0. The van der Waals surface area contributed by atoms with E-state index in [4.69, 9.17) is 27.9 Å². The van der Waals surface area contributed by atoms with Crippen molar-refractivity contribution in [2.24, 2.45) is 0 Å². The van der Waals surface area contributed by atoms with Crippen molar-refractivity contribution in [3.05, 3.63) is 57.6 Å². The summed E-state index contributed by atoms with van der Waals surface area (Å²) in [6, 6.07) is 11.6. The van der Waals surface area contributed by atoms with Gasteiger partial charge >= 0.3 is 0 Å². The van der Waals surface area contributed by atoms with Crippen LogP contribution in [0.5, 0.6) is 11.5 Å². The van der Waals surface area contributed by atoms with Gasteiger partial charge in [-0.1, -0.05) is 61.3 Å². The summed E-state index contributed by atoms with van der Waals surface area (Å²) in [5, 5.41) is 1.31. The Kier molecular flexibility index (Phi) is 4.73. The molecule has 0 saturated heterocycles. The number of aryl methyl sites for hydroxylation is 2. The van der Waals surface area contributed by atoms with Crippen molar-refractivity contribution < 1.29 is 4.74 Å². The number of hydrogen-bond acceptors (Lipinski definition) is 1. The van der Waals surface area contributed by atoms with Crippen LogP contribution >= 0.6 is 23.2 Å². The highest BCUT2D eigenvalue weighted by atomic mass is 35.5. The van der Waals surface area contributed by atoms with Crippen molar-refractivity contribution in [1.29, 1.82) is 0 Å². The van der Waals surface area contributed by atoms with Gasteiger partial charge in [-0.15, -0.1) is 0 Å². The van der Waals surface area contributed by atoms with Crippen LogP contribution in [0.4, 0.5) is 0 Å². The minimum atomic E-state index is 0.649. The van der Waals surface area contributed by atoms with Crippen LogP contribution in [0.2, 0.25) is 10.0 Å². The maximum absolute atomic E-state index is 6.32. The van der Waals surface area contributed by atoms with Gasteiger partial charge in [0.25, 0.3) is 0 Å². The molecule has 100 valence electrons. The molecule has 0 radical (unpaired) electrons. The fourth-order valence-corrected chi connectivity index (χ4v) is 2.53. The molecule has 19 heavy (non-hydrogen) atoms. The van der Waals surface area contributed by atoms with Crippen LogP contribution in [-0.2, 0) is 12.8 Å². The van der Waals surface area contributed by atoms with E-state index in [2.05, 4.69) is 13.8 Å². The molecule has 0 aromatic heterocycles. The molecule has 0 aliphatic rings. The number of benzene rings is 2. The minimum absolute atomic E-state index is 0.649. The number of rotatable bonds is 4. The predicted octanol–water partition coefficient (Wildman–Crippen LogP) is 5.91. The van der Waals surface area contributed by atoms with Crippen LogP contribution in [-0.4, -0.2) is 0 Å². The quantitative estimate of drug-likeness (QED) is 0.681. The Morgan fingerprint density at radius 3 is 1.58 bits per heavy atom. The smallest absolute Gasteiger partial charge is 0.146 e. The predicted molar refractivity (Wildman–Crippen MR) is 81.7 cm³/mol. The molecule has 2 rings (SSSR count). The second-order valence-corrected chi connectivity index (χ2v) is 5.02. The van der Waals surface area contributed by atoms with E-state index < -0.39 is 0 Å². The van der Waals surface area contributed by atoms with Crippen molar-refractivity contribution in [3.63, 3.8) is 0 Å². The molecule has 0 aliphatic heterocycles. The Morgan fingerprint density at radius 2 is 1.21 bits per heavy atom. The topological polar surface area (TPSA) is 9.23 Å². The lowest BCUT2D eigenvalue weighted by Gasteiger charge is -2.12. The first-order valence-corrected chi connectivity index (χ1v) is 7.15. The van der Waals surface area contributed by atoms with E-state index in [1.165, 1.54) is 0 Å². The molecular weight excluding hydrogens is 279 g/mol. The number of halogens is 2. The molecular formula is C16H16Cl2O. The molecule has 0 saturated carbocycles. The highest BCUT2D eigenvalue weighted by Gasteiger charge is 2.10. The van der Waals surface area contributed by atoms with Gasteiger partial charge in [-0.05, 0) is 36.1 Å². The summed E-state index contributed by atoms with van der Waals surface area (Å²) in [6.45, 7) is 4.13. The van der Waals surface area contributed by atoms with Crippen LogP contribution in [0.3, 0.4) is 0 Å². The highest BCUT2D eigenvalue weighted by molar-refractivity contribution is 6.33. The summed E-state index contributed by atoms with van der Waals surface area (Å²) < 4.78 is 5.86. The molecule has 0 aliphatic carbocycles. The van der Waals surface area contributed by atoms with Crippen molar-refractivity contribution in [2.75, 3.05) is 0 Å². The monoisotopic (exact) mass is 294 g/mol. The minimum Gasteiger partial charge on any atom is -0.454 e. The lowest BCUT2D eigenvalue weighted by Crippen LogP contribution is -1.92. The fourth-order valence-electron chi connectivity index (χ4n) is 1.93. The van der Waals surface area contributed by atoms with E-state index in [-0.39, 0.29) is 0 Å². The number of hydrogen-bond donors (Lipinski definition) is 0. The van der Waals surface area contributed by atoms with E-state index in [0.29, 0.717) is 21.5 Å². The van der Waals surface area contributed by atoms with E-state index >= 15 is 0 Å². The van der Waals surface area contributed by atoms with E-state index in [1.807, 2.05) is 36.4 Å². The van der Waals surface area contributed by atoms with Gasteiger partial charge < -0.3 is 4.74 Å². The molecule has 0 spiro atoms. The highest BCUT2D eigenvalue weighted by Crippen LogP contribution is 2.36. The number of ether oxygens (including phenoxy) is 1. The first-order valence-electron chi connectivity index (χ1n) is 6.40. The van der Waals surface area contributed by atoms with Crippen molar-refractivity contribution >= 4 is 23.2 Å². The molecule has 3 heteroatoms. The third-order valence-corrected chi connectivity index (χ3v) is 3.93. The standard InChI is InChI=1S/C16H16Cl2O/c1-3-11-7-5-9-13(15(11)17)19-14-10-6-8-12(4-2)16(14)18/h5-10H,3-4H2,1-2H3. The van der Waals surface area contributed by atoms with Crippen LogP contribution in [0, 0.1) is 0 Å². The molecule has 0 atom stereocenters. The molecule has 2 aromatic carbocycles. The molecule has 1 nitrogen and oxygen atoms in total. The average molecular weight is 295 g/mol. The largest absolute Gasteiger partial charge is 0.454 e. The molecule has 2 aromatic rings. The molecule has 0 fully saturated rings. The normalized spacial score (nSPS) is 10.5. The Balaban J connectivity index is 2.36. The average Bonchev–Trinajstić information content (AvgIpc) is 2.43. The lowest BCUT2D eigenvalue weighted by atomic mass is 10.1. The van der Waals surface area contributed by atoms with Crippen molar-refractivity contribution in [2.45, 2.75) is 26.7 Å². The molecule has 0 bridgehead atoms. The zero-order valence-corrected chi connectivity index (χ0v) is 12.6. The van der Waals surface area contributed by atoms with Gasteiger partial charge in [0.1, 0.15) is 11.5 Å². The molecule has 0 amide bonds. The summed E-state index contributed by atoms with van der Waals surface area (Å²) in [7, 11) is 0. The van der Waals surface area contributed by atoms with Gasteiger partial charge in [-0.2, -0.15) is 0 Å². The van der Waals surface area contributed by atoms with Gasteiger partial charge in [-0.25, -0.2) is 0 Å². The molecule has 0 unspecified atom stereocenters. The van der Waals surface area contributed by atoms with Gasteiger partial charge in [0.05, 0.1) is 10.0 Å². The van der Waals surface area contributed by atoms with Crippen LogP contribution in [0.25, 0.3) is 0 Å². The molecule has 0 N–H and O–H groups in total. The Hall–Kier alpha value is -1.18. The molecule has 0 heterocycles. The third-order valence-electron chi connectivity index (χ3n) is 3.07. The summed E-state index contributed by atoms with van der Waals surface area (Å²) in [5.41, 5.74) is 2.14. The summed E-state index contributed by atoms with van der Waals surface area (Å²) >= 11 is 12.6. The lowest BCUT2D eigenvalue weighted by molar-refractivity contribution is 0.482. The van der Waals surface area contributed by atoms with E-state index in [0.717, 1.165) is 24.0 Å². The Bertz CT molecular complexity index is 527. The van der Waals surface area contributed by atoms with E-state index in [9.17, 15) is 0 Å². The maximum Gasteiger partial charge on any atom is 0.146 e. The van der Waals surface area contributed by atoms with Crippen LogP contribution in [0.15, 0.2) is 36.4 Å².